The molecule has 1 aliphatic carbocycles. The summed E-state index contributed by atoms with van der Waals surface area (Å²) in [6.45, 7) is 1.93. The number of thioether (sulfide) groups is 1. The molecule has 1 aromatic heterocycles. The fourth-order valence-corrected chi connectivity index (χ4v) is 4.08. The third-order valence-electron chi connectivity index (χ3n) is 3.37. The monoisotopic (exact) mass is 290 g/mol. The summed E-state index contributed by atoms with van der Waals surface area (Å²) in [5.41, 5.74) is 5.26. The summed E-state index contributed by atoms with van der Waals surface area (Å²) >= 11 is 2.95. The van der Waals surface area contributed by atoms with Crippen LogP contribution in [0.3, 0.4) is 0 Å². The fourth-order valence-electron chi connectivity index (χ4n) is 2.38. The van der Waals surface area contributed by atoms with Crippen LogP contribution in [-0.4, -0.2) is 21.2 Å². The number of aromatic nitrogens is 2. The van der Waals surface area contributed by atoms with Gasteiger partial charge in [-0.15, -0.1) is 10.2 Å². The van der Waals surface area contributed by atoms with Crippen LogP contribution in [0.5, 0.6) is 0 Å². The Kier molecular flexibility index (Phi) is 3.66. The van der Waals surface area contributed by atoms with Crippen molar-refractivity contribution in [3.05, 3.63) is 40.4 Å². The minimum absolute atomic E-state index is 0.118. The molecule has 1 atom stereocenters. The second kappa shape index (κ2) is 5.43. The summed E-state index contributed by atoms with van der Waals surface area (Å²) in [5, 5.41) is 7.64. The van der Waals surface area contributed by atoms with Crippen LogP contribution in [0.4, 0.5) is 0 Å². The van der Waals surface area contributed by atoms with E-state index in [0.29, 0.717) is 0 Å². The highest BCUT2D eigenvalue weighted by atomic mass is 32.2. The van der Waals surface area contributed by atoms with Gasteiger partial charge in [0.15, 0.2) is 10.1 Å². The van der Waals surface area contributed by atoms with E-state index in [2.05, 4.69) is 22.3 Å². The van der Waals surface area contributed by atoms with Crippen molar-refractivity contribution in [1.82, 2.24) is 10.2 Å². The Morgan fingerprint density at radius 3 is 3.00 bits per heavy atom. The largest absolute Gasteiger partial charge is 0.293 e. The van der Waals surface area contributed by atoms with Gasteiger partial charge < -0.3 is 0 Å². The predicted octanol–water partition coefficient (Wildman–Crippen LogP) is 3.39. The van der Waals surface area contributed by atoms with Crippen LogP contribution < -0.4 is 0 Å². The third kappa shape index (κ3) is 2.72. The lowest BCUT2D eigenvalue weighted by molar-refractivity contribution is 0.0994. The molecule has 3 nitrogen and oxygen atoms in total. The zero-order chi connectivity index (χ0) is 13.2. The maximum absolute atomic E-state index is 12.4. The van der Waals surface area contributed by atoms with Gasteiger partial charge in [-0.3, -0.25) is 4.79 Å². The Labute approximate surface area is 120 Å². The highest BCUT2D eigenvalue weighted by molar-refractivity contribution is 8.02. The van der Waals surface area contributed by atoms with Gasteiger partial charge in [0.2, 0.25) is 0 Å². The molecule has 0 aliphatic heterocycles. The van der Waals surface area contributed by atoms with Gasteiger partial charge in [-0.05, 0) is 43.4 Å². The Bertz CT molecular complexity index is 595. The number of fused-ring (bicyclic) bond motifs is 1. The molecule has 0 N–H and O–H groups in total. The van der Waals surface area contributed by atoms with Crippen LogP contribution in [0.25, 0.3) is 0 Å². The van der Waals surface area contributed by atoms with E-state index in [0.717, 1.165) is 22.7 Å². The summed E-state index contributed by atoms with van der Waals surface area (Å²) in [6.07, 6.45) is 3.47. The molecular formula is C14H14N2OS2. The highest BCUT2D eigenvalue weighted by Gasteiger charge is 2.20. The third-order valence-corrected chi connectivity index (χ3v) is 5.28. The molecule has 0 fully saturated rings. The number of rotatable bonds is 4. The lowest BCUT2D eigenvalue weighted by Crippen LogP contribution is -2.13. The number of carbonyl (C=O) groups excluding carboxylic acids is 1. The lowest BCUT2D eigenvalue weighted by atomic mass is 10.0. The summed E-state index contributed by atoms with van der Waals surface area (Å²) in [7, 11) is 0. The van der Waals surface area contributed by atoms with E-state index in [-0.39, 0.29) is 11.0 Å². The van der Waals surface area contributed by atoms with Crippen molar-refractivity contribution in [2.45, 2.75) is 35.8 Å². The van der Waals surface area contributed by atoms with Crippen LogP contribution in [-0.2, 0) is 12.8 Å². The number of carbonyl (C=O) groups is 1. The molecule has 3 rings (SSSR count). The Morgan fingerprint density at radius 1 is 1.37 bits per heavy atom. The first-order chi connectivity index (χ1) is 9.24. The number of aryl methyl sites for hydroxylation is 2. The number of Topliss-reactive ketones (excluding diaryl/α,β-unsaturated/α-hetero) is 1. The van der Waals surface area contributed by atoms with E-state index in [9.17, 15) is 4.79 Å². The highest BCUT2D eigenvalue weighted by Crippen LogP contribution is 2.28. The predicted molar refractivity (Wildman–Crippen MR) is 78.0 cm³/mol. The van der Waals surface area contributed by atoms with Crippen LogP contribution >= 0.6 is 23.1 Å². The average molecular weight is 290 g/mol. The second-order valence-electron chi connectivity index (χ2n) is 4.67. The summed E-state index contributed by atoms with van der Waals surface area (Å²) < 4.78 is 0.849. The lowest BCUT2D eigenvalue weighted by Gasteiger charge is -2.09. The molecule has 0 spiro atoms. The summed E-state index contributed by atoms with van der Waals surface area (Å²) in [5.74, 6) is 0.176. The Hall–Kier alpha value is -1.20. The van der Waals surface area contributed by atoms with Crippen molar-refractivity contribution in [3.63, 3.8) is 0 Å². The number of ketones is 1. The van der Waals surface area contributed by atoms with Crippen molar-refractivity contribution in [2.75, 3.05) is 0 Å². The number of hydrogen-bond acceptors (Lipinski definition) is 5. The normalized spacial score (nSPS) is 15.2. The van der Waals surface area contributed by atoms with Gasteiger partial charge in [-0.1, -0.05) is 35.2 Å². The quantitative estimate of drug-likeness (QED) is 0.639. The zero-order valence-electron chi connectivity index (χ0n) is 10.6. The van der Waals surface area contributed by atoms with E-state index >= 15 is 0 Å². The SMILES string of the molecule is C[C@@H](Sc1nncs1)C(=O)c1ccc2c(c1)CCC2. The van der Waals surface area contributed by atoms with Crippen molar-refractivity contribution in [1.29, 1.82) is 0 Å². The average Bonchev–Trinajstić information content (AvgIpc) is 3.07. The standard InChI is InChI=1S/C14H14N2OS2/c1-9(19-14-16-15-8-18-14)13(17)12-6-5-10-3-2-4-11(10)7-12/h5-9H,2-4H2,1H3/t9-/m1/s1. The maximum Gasteiger partial charge on any atom is 0.175 e. The molecule has 0 unspecified atom stereocenters. The molecule has 1 aromatic carbocycles. The summed E-state index contributed by atoms with van der Waals surface area (Å²) in [6, 6.07) is 6.14. The van der Waals surface area contributed by atoms with Crippen molar-refractivity contribution in [2.24, 2.45) is 0 Å². The van der Waals surface area contributed by atoms with Crippen molar-refractivity contribution < 1.29 is 4.79 Å². The molecule has 0 saturated carbocycles. The second-order valence-corrected chi connectivity index (χ2v) is 7.09. The van der Waals surface area contributed by atoms with E-state index < -0.39 is 0 Å². The number of nitrogens with zero attached hydrogens (tertiary/aromatic N) is 2. The summed E-state index contributed by atoms with van der Waals surface area (Å²) in [4.78, 5) is 12.4. The first kappa shape index (κ1) is 12.8. The molecule has 0 amide bonds. The topological polar surface area (TPSA) is 42.9 Å². The van der Waals surface area contributed by atoms with Crippen molar-refractivity contribution >= 4 is 28.9 Å². The maximum atomic E-state index is 12.4. The van der Waals surface area contributed by atoms with E-state index in [1.54, 1.807) is 5.51 Å². The molecule has 1 aliphatic rings. The minimum Gasteiger partial charge on any atom is -0.293 e. The molecule has 19 heavy (non-hydrogen) atoms. The Morgan fingerprint density at radius 2 is 2.21 bits per heavy atom. The van der Waals surface area contributed by atoms with Gasteiger partial charge in [0, 0.05) is 5.56 Å². The van der Waals surface area contributed by atoms with Gasteiger partial charge in [-0.2, -0.15) is 0 Å². The molecule has 2 aromatic rings. The van der Waals surface area contributed by atoms with Crippen molar-refractivity contribution in [3.8, 4) is 0 Å². The minimum atomic E-state index is -0.118. The number of benzene rings is 1. The van der Waals surface area contributed by atoms with Gasteiger partial charge in [-0.25, -0.2) is 0 Å². The van der Waals surface area contributed by atoms with Gasteiger partial charge in [0.05, 0.1) is 5.25 Å². The van der Waals surface area contributed by atoms with E-state index in [1.165, 1.54) is 40.6 Å². The first-order valence-electron chi connectivity index (χ1n) is 6.33. The molecule has 0 bridgehead atoms. The molecular weight excluding hydrogens is 276 g/mol. The van der Waals surface area contributed by atoms with E-state index in [4.69, 9.17) is 0 Å². The molecule has 0 saturated heterocycles. The first-order valence-corrected chi connectivity index (χ1v) is 8.09. The van der Waals surface area contributed by atoms with Gasteiger partial charge >= 0.3 is 0 Å². The smallest absolute Gasteiger partial charge is 0.175 e. The Balaban J connectivity index is 1.76. The van der Waals surface area contributed by atoms with Gasteiger partial charge in [0.25, 0.3) is 0 Å². The van der Waals surface area contributed by atoms with Crippen LogP contribution in [0.2, 0.25) is 0 Å². The van der Waals surface area contributed by atoms with E-state index in [1.807, 2.05) is 13.0 Å². The number of hydrogen-bond donors (Lipinski definition) is 0. The van der Waals surface area contributed by atoms with Gasteiger partial charge in [0.1, 0.15) is 5.51 Å². The molecule has 1 heterocycles. The van der Waals surface area contributed by atoms with Crippen LogP contribution in [0.1, 0.15) is 34.8 Å². The fraction of sp³-hybridized carbons (Fsp3) is 0.357. The van der Waals surface area contributed by atoms with Crippen LogP contribution in [0.15, 0.2) is 28.0 Å². The molecule has 98 valence electrons. The molecule has 5 heteroatoms. The zero-order valence-corrected chi connectivity index (χ0v) is 12.3. The van der Waals surface area contributed by atoms with Crippen LogP contribution in [0, 0.1) is 0 Å². The molecule has 0 radical (unpaired) electrons.